The molecule has 1 aliphatic heterocycles. The number of amides is 2. The van der Waals surface area contributed by atoms with E-state index in [1.54, 1.807) is 10.7 Å². The summed E-state index contributed by atoms with van der Waals surface area (Å²) in [6.07, 6.45) is 0. The van der Waals surface area contributed by atoms with E-state index in [9.17, 15) is 9.59 Å². The minimum atomic E-state index is -0.782. The van der Waals surface area contributed by atoms with Gasteiger partial charge in [0.1, 0.15) is 11.9 Å². The zero-order valence-corrected chi connectivity index (χ0v) is 19.4. The number of carbonyl (C=O) groups is 2. The van der Waals surface area contributed by atoms with Gasteiger partial charge < -0.3 is 10.6 Å². The van der Waals surface area contributed by atoms with Gasteiger partial charge in [-0.2, -0.15) is 5.10 Å². The van der Waals surface area contributed by atoms with Crippen molar-refractivity contribution in [2.24, 2.45) is 0 Å². The maximum Gasteiger partial charge on any atom is 0.251 e. The predicted molar refractivity (Wildman–Crippen MR) is 132 cm³/mol. The Morgan fingerprint density at radius 1 is 0.912 bits per heavy atom. The smallest absolute Gasteiger partial charge is 0.251 e. The summed E-state index contributed by atoms with van der Waals surface area (Å²) < 4.78 is 1.77. The van der Waals surface area contributed by atoms with E-state index in [0.29, 0.717) is 11.4 Å². The van der Waals surface area contributed by atoms with Crippen LogP contribution in [0.2, 0.25) is 0 Å². The number of carbonyl (C=O) groups excluding carboxylic acids is 2. The highest BCUT2D eigenvalue weighted by atomic mass is 16.2. The molecular formula is C28H26N4O2. The Morgan fingerprint density at radius 3 is 2.35 bits per heavy atom. The molecule has 170 valence electrons. The van der Waals surface area contributed by atoms with Gasteiger partial charge in [0.05, 0.1) is 11.4 Å². The van der Waals surface area contributed by atoms with E-state index in [1.165, 1.54) is 0 Å². The topological polar surface area (TPSA) is 76.0 Å². The molecule has 0 saturated carbocycles. The fourth-order valence-corrected chi connectivity index (χ4v) is 4.59. The quantitative estimate of drug-likeness (QED) is 0.474. The van der Waals surface area contributed by atoms with Crippen molar-refractivity contribution < 1.29 is 9.59 Å². The molecule has 2 N–H and O–H groups in total. The maximum atomic E-state index is 13.5. The lowest BCUT2D eigenvalue weighted by Gasteiger charge is -2.33. The first-order valence-electron chi connectivity index (χ1n) is 11.3. The van der Waals surface area contributed by atoms with Crippen LogP contribution in [0.25, 0.3) is 5.69 Å². The lowest BCUT2D eigenvalue weighted by atomic mass is 9.81. The molecule has 5 rings (SSSR count). The van der Waals surface area contributed by atoms with E-state index < -0.39 is 6.04 Å². The Bertz CT molecular complexity index is 1370. The summed E-state index contributed by atoms with van der Waals surface area (Å²) in [4.78, 5) is 26.6. The fraction of sp³-hybridized carbons (Fsp3) is 0.179. The molecule has 4 aromatic rings. The second-order valence-electron chi connectivity index (χ2n) is 8.79. The minimum absolute atomic E-state index is 0.267. The van der Waals surface area contributed by atoms with Gasteiger partial charge in [-0.1, -0.05) is 65.7 Å². The number of nitrogens with zero attached hydrogens (tertiary/aromatic N) is 2. The summed E-state index contributed by atoms with van der Waals surface area (Å²) in [6, 6.07) is 24.4. The van der Waals surface area contributed by atoms with Crippen LogP contribution >= 0.6 is 0 Å². The van der Waals surface area contributed by atoms with Crippen LogP contribution in [-0.2, 0) is 4.79 Å². The lowest BCUT2D eigenvalue weighted by Crippen LogP contribution is -2.50. The van der Waals surface area contributed by atoms with Crippen LogP contribution in [0, 0.1) is 20.8 Å². The summed E-state index contributed by atoms with van der Waals surface area (Å²) in [7, 11) is 0. The lowest BCUT2D eigenvalue weighted by molar-refractivity contribution is -0.118. The monoisotopic (exact) mass is 450 g/mol. The molecular weight excluding hydrogens is 424 g/mol. The van der Waals surface area contributed by atoms with Gasteiger partial charge in [-0.3, -0.25) is 9.59 Å². The van der Waals surface area contributed by atoms with E-state index >= 15 is 0 Å². The normalized spacial score (nSPS) is 17.1. The van der Waals surface area contributed by atoms with Crippen LogP contribution in [0.15, 0.2) is 78.9 Å². The molecule has 0 bridgehead atoms. The molecule has 2 amide bonds. The Labute approximate surface area is 198 Å². The van der Waals surface area contributed by atoms with Gasteiger partial charge in [-0.25, -0.2) is 4.68 Å². The highest BCUT2D eigenvalue weighted by molar-refractivity contribution is 6.04. The fourth-order valence-electron chi connectivity index (χ4n) is 4.59. The molecule has 0 spiro atoms. The molecule has 2 atom stereocenters. The first-order valence-corrected chi connectivity index (χ1v) is 11.3. The Hall–Kier alpha value is -4.19. The average Bonchev–Trinajstić information content (AvgIpc) is 3.16. The average molecular weight is 451 g/mol. The summed E-state index contributed by atoms with van der Waals surface area (Å²) in [5, 5.41) is 10.8. The van der Waals surface area contributed by atoms with Gasteiger partial charge >= 0.3 is 0 Å². The maximum absolute atomic E-state index is 13.5. The number of para-hydroxylation sites is 1. The van der Waals surface area contributed by atoms with Crippen molar-refractivity contribution in [3.63, 3.8) is 0 Å². The third kappa shape index (κ3) is 3.88. The Balaban J connectivity index is 1.62. The molecule has 6 heteroatoms. The molecule has 2 heterocycles. The standard InChI is InChI=1S/C28H26N4O2/c1-17-12-14-20(15-13-17)24-23-19(3)31-32(22-10-5-4-6-11-22)26(23)30-28(34)25(24)29-27(33)21-9-7-8-18(2)16-21/h4-16,24-25H,1-3H3,(H,29,33)(H,30,34)/t24-,25+/m1/s1. The second kappa shape index (κ2) is 8.63. The third-order valence-corrected chi connectivity index (χ3v) is 6.28. The molecule has 6 nitrogen and oxygen atoms in total. The van der Waals surface area contributed by atoms with Gasteiger partial charge in [0, 0.05) is 17.0 Å². The molecule has 0 saturated heterocycles. The van der Waals surface area contributed by atoms with E-state index in [1.807, 2.05) is 93.6 Å². The van der Waals surface area contributed by atoms with Gasteiger partial charge in [-0.15, -0.1) is 0 Å². The SMILES string of the molecule is Cc1ccc([C@@H]2c3c(C)nn(-c4ccccc4)c3NC(=O)[C@H]2NC(=O)c2cccc(C)c2)cc1. The number of hydrogen-bond donors (Lipinski definition) is 2. The number of fused-ring (bicyclic) bond motifs is 1. The first kappa shape index (κ1) is 21.6. The van der Waals surface area contributed by atoms with Crippen molar-refractivity contribution in [2.75, 3.05) is 5.32 Å². The molecule has 34 heavy (non-hydrogen) atoms. The Morgan fingerprint density at radius 2 is 1.65 bits per heavy atom. The van der Waals surface area contributed by atoms with E-state index in [0.717, 1.165) is 33.6 Å². The van der Waals surface area contributed by atoms with Crippen LogP contribution in [0.5, 0.6) is 0 Å². The van der Waals surface area contributed by atoms with Crippen molar-refractivity contribution in [1.29, 1.82) is 0 Å². The molecule has 3 aromatic carbocycles. The zero-order valence-electron chi connectivity index (χ0n) is 19.4. The number of anilines is 1. The molecule has 0 radical (unpaired) electrons. The number of hydrogen-bond acceptors (Lipinski definition) is 3. The Kier molecular flexibility index (Phi) is 5.49. The van der Waals surface area contributed by atoms with E-state index in [4.69, 9.17) is 5.10 Å². The first-order chi connectivity index (χ1) is 16.4. The van der Waals surface area contributed by atoms with E-state index in [-0.39, 0.29) is 17.7 Å². The van der Waals surface area contributed by atoms with Crippen molar-refractivity contribution >= 4 is 17.6 Å². The number of aryl methyl sites for hydroxylation is 3. The minimum Gasteiger partial charge on any atom is -0.339 e. The van der Waals surface area contributed by atoms with Crippen molar-refractivity contribution in [2.45, 2.75) is 32.7 Å². The van der Waals surface area contributed by atoms with Crippen molar-refractivity contribution in [1.82, 2.24) is 15.1 Å². The van der Waals surface area contributed by atoms with Crippen LogP contribution in [-0.4, -0.2) is 27.6 Å². The number of aromatic nitrogens is 2. The molecule has 0 aliphatic carbocycles. The van der Waals surface area contributed by atoms with Gasteiger partial charge in [0.15, 0.2) is 0 Å². The van der Waals surface area contributed by atoms with Crippen molar-refractivity contribution in [3.8, 4) is 5.69 Å². The predicted octanol–water partition coefficient (Wildman–Crippen LogP) is 4.68. The summed E-state index contributed by atoms with van der Waals surface area (Å²) >= 11 is 0. The largest absolute Gasteiger partial charge is 0.339 e. The van der Waals surface area contributed by atoms with Crippen LogP contribution < -0.4 is 10.6 Å². The van der Waals surface area contributed by atoms with Gasteiger partial charge in [0.25, 0.3) is 5.91 Å². The number of rotatable bonds is 4. The molecule has 0 unspecified atom stereocenters. The van der Waals surface area contributed by atoms with Gasteiger partial charge in [0.2, 0.25) is 5.91 Å². The number of benzene rings is 3. The number of nitrogens with one attached hydrogen (secondary N) is 2. The van der Waals surface area contributed by atoms with Crippen LogP contribution in [0.4, 0.5) is 5.82 Å². The zero-order chi connectivity index (χ0) is 23.8. The van der Waals surface area contributed by atoms with E-state index in [2.05, 4.69) is 10.6 Å². The van der Waals surface area contributed by atoms with Gasteiger partial charge in [-0.05, 0) is 50.6 Å². The third-order valence-electron chi connectivity index (χ3n) is 6.28. The van der Waals surface area contributed by atoms with Crippen LogP contribution in [0.3, 0.4) is 0 Å². The summed E-state index contributed by atoms with van der Waals surface area (Å²) in [5.41, 5.74) is 6.16. The molecule has 0 fully saturated rings. The second-order valence-corrected chi connectivity index (χ2v) is 8.79. The molecule has 1 aliphatic rings. The highest BCUT2D eigenvalue weighted by Gasteiger charge is 2.41. The van der Waals surface area contributed by atoms with Crippen molar-refractivity contribution in [3.05, 3.63) is 112 Å². The highest BCUT2D eigenvalue weighted by Crippen LogP contribution is 2.40. The summed E-state index contributed by atoms with van der Waals surface area (Å²) in [5.74, 6) is -0.287. The van der Waals surface area contributed by atoms with Crippen LogP contribution in [0.1, 0.15) is 44.2 Å². The summed E-state index contributed by atoms with van der Waals surface area (Å²) in [6.45, 7) is 5.90. The molecule has 1 aromatic heterocycles.